The zero-order chi connectivity index (χ0) is 19.8. The molecule has 27 heavy (non-hydrogen) atoms. The lowest BCUT2D eigenvalue weighted by Gasteiger charge is -2.14. The van der Waals surface area contributed by atoms with Gasteiger partial charge in [-0.3, -0.25) is 20.2 Å². The van der Waals surface area contributed by atoms with Crippen molar-refractivity contribution in [2.24, 2.45) is 0 Å². The van der Waals surface area contributed by atoms with Crippen LogP contribution >= 0.6 is 23.2 Å². The van der Waals surface area contributed by atoms with Crippen LogP contribution in [0.5, 0.6) is 11.5 Å². The third-order valence-electron chi connectivity index (χ3n) is 3.89. The maximum absolute atomic E-state index is 11.0. The molecule has 0 unspecified atom stereocenters. The topological polar surface area (TPSA) is 95.5 Å². The van der Waals surface area contributed by atoms with E-state index in [-0.39, 0.29) is 11.4 Å². The number of nitrogens with zero attached hydrogens (tertiary/aromatic N) is 2. The maximum atomic E-state index is 11.0. The minimum atomic E-state index is -0.467. The van der Waals surface area contributed by atoms with Crippen molar-refractivity contribution < 1.29 is 14.6 Å². The number of nitro groups is 2. The molecule has 9 heteroatoms. The average Bonchev–Trinajstić information content (AvgIpc) is 2.65. The SMILES string of the molecule is O=[N+]([O-])c1ccc(Oc2ccc([N+](=O)[O-])cc2CCCCl)c(CCCCl)c1. The van der Waals surface area contributed by atoms with Gasteiger partial charge in [-0.25, -0.2) is 0 Å². The number of halogens is 2. The van der Waals surface area contributed by atoms with Gasteiger partial charge in [0.25, 0.3) is 11.4 Å². The first-order valence-electron chi connectivity index (χ1n) is 8.30. The van der Waals surface area contributed by atoms with E-state index in [4.69, 9.17) is 27.9 Å². The third-order valence-corrected chi connectivity index (χ3v) is 4.42. The van der Waals surface area contributed by atoms with Gasteiger partial charge in [-0.1, -0.05) is 0 Å². The number of alkyl halides is 2. The van der Waals surface area contributed by atoms with E-state index in [1.165, 1.54) is 36.4 Å². The van der Waals surface area contributed by atoms with E-state index in [0.29, 0.717) is 60.1 Å². The van der Waals surface area contributed by atoms with Crippen LogP contribution in [0.25, 0.3) is 0 Å². The highest BCUT2D eigenvalue weighted by molar-refractivity contribution is 6.18. The van der Waals surface area contributed by atoms with Gasteiger partial charge in [0.15, 0.2) is 0 Å². The number of hydrogen-bond acceptors (Lipinski definition) is 5. The number of hydrogen-bond donors (Lipinski definition) is 0. The summed E-state index contributed by atoms with van der Waals surface area (Å²) in [7, 11) is 0. The molecular formula is C18H18Cl2N2O5. The second-order valence-electron chi connectivity index (χ2n) is 5.79. The van der Waals surface area contributed by atoms with Gasteiger partial charge in [-0.2, -0.15) is 0 Å². The molecule has 0 amide bonds. The van der Waals surface area contributed by atoms with E-state index in [1.54, 1.807) is 0 Å². The standard InChI is InChI=1S/C18H18Cl2N2O5/c19-9-1-3-13-11-15(21(23)24)5-7-17(13)27-18-8-6-16(22(25)26)12-14(18)4-2-10-20/h5-8,11-12H,1-4,9-10H2. The Labute approximate surface area is 166 Å². The van der Waals surface area contributed by atoms with Crippen molar-refractivity contribution in [3.8, 4) is 11.5 Å². The summed E-state index contributed by atoms with van der Waals surface area (Å²) in [6.07, 6.45) is 2.31. The highest BCUT2D eigenvalue weighted by Gasteiger charge is 2.16. The first kappa shape index (κ1) is 20.9. The van der Waals surface area contributed by atoms with E-state index in [0.717, 1.165) is 0 Å². The van der Waals surface area contributed by atoms with Gasteiger partial charge in [0.2, 0.25) is 0 Å². The summed E-state index contributed by atoms with van der Waals surface area (Å²) in [5, 5.41) is 22.1. The van der Waals surface area contributed by atoms with Crippen LogP contribution in [0, 0.1) is 20.2 Å². The second kappa shape index (κ2) is 10.1. The molecule has 2 aromatic rings. The second-order valence-corrected chi connectivity index (χ2v) is 6.54. The van der Waals surface area contributed by atoms with Crippen molar-refractivity contribution >= 4 is 34.6 Å². The van der Waals surface area contributed by atoms with Crippen LogP contribution in [0.2, 0.25) is 0 Å². The van der Waals surface area contributed by atoms with Gasteiger partial charge in [-0.15, -0.1) is 23.2 Å². The molecule has 0 aliphatic carbocycles. The Kier molecular flexibility index (Phi) is 7.82. The van der Waals surface area contributed by atoms with E-state index in [9.17, 15) is 20.2 Å². The van der Waals surface area contributed by atoms with Crippen LogP contribution in [-0.2, 0) is 12.8 Å². The van der Waals surface area contributed by atoms with E-state index < -0.39 is 9.85 Å². The molecule has 0 saturated carbocycles. The summed E-state index contributed by atoms with van der Waals surface area (Å²) in [4.78, 5) is 21.1. The monoisotopic (exact) mass is 412 g/mol. The van der Waals surface area contributed by atoms with E-state index in [1.807, 2.05) is 0 Å². The van der Waals surface area contributed by atoms with Crippen molar-refractivity contribution in [1.29, 1.82) is 0 Å². The number of rotatable bonds is 10. The average molecular weight is 413 g/mol. The normalized spacial score (nSPS) is 10.6. The molecule has 0 heterocycles. The highest BCUT2D eigenvalue weighted by Crippen LogP contribution is 2.33. The largest absolute Gasteiger partial charge is 0.457 e. The van der Waals surface area contributed by atoms with E-state index in [2.05, 4.69) is 0 Å². The summed E-state index contributed by atoms with van der Waals surface area (Å²) in [5.74, 6) is 1.76. The quantitative estimate of drug-likeness (QED) is 0.285. The third kappa shape index (κ3) is 5.80. The number of non-ortho nitro benzene ring substituents is 2. The Morgan fingerprint density at radius 1 is 0.778 bits per heavy atom. The van der Waals surface area contributed by atoms with Crippen molar-refractivity contribution in [3.05, 3.63) is 67.8 Å². The Balaban J connectivity index is 2.39. The number of aryl methyl sites for hydroxylation is 2. The molecule has 0 N–H and O–H groups in total. The van der Waals surface area contributed by atoms with Crippen LogP contribution in [0.3, 0.4) is 0 Å². The molecule has 0 bridgehead atoms. The Hall–Kier alpha value is -2.38. The highest BCUT2D eigenvalue weighted by atomic mass is 35.5. The van der Waals surface area contributed by atoms with Crippen molar-refractivity contribution in [1.82, 2.24) is 0 Å². The van der Waals surface area contributed by atoms with Crippen LogP contribution < -0.4 is 4.74 Å². The lowest BCUT2D eigenvalue weighted by atomic mass is 10.1. The maximum Gasteiger partial charge on any atom is 0.269 e. The molecule has 7 nitrogen and oxygen atoms in total. The summed E-state index contributed by atoms with van der Waals surface area (Å²) in [6.45, 7) is 0. The molecule has 0 fully saturated rings. The first-order valence-corrected chi connectivity index (χ1v) is 9.37. The van der Waals surface area contributed by atoms with Gasteiger partial charge >= 0.3 is 0 Å². The van der Waals surface area contributed by atoms with Crippen molar-refractivity contribution in [3.63, 3.8) is 0 Å². The molecule has 0 saturated heterocycles. The molecule has 0 aliphatic rings. The predicted octanol–water partition coefficient (Wildman–Crippen LogP) is 5.64. The zero-order valence-corrected chi connectivity index (χ0v) is 15.9. The molecular weight excluding hydrogens is 395 g/mol. The first-order chi connectivity index (χ1) is 13.0. The molecule has 0 aliphatic heterocycles. The molecule has 144 valence electrons. The summed E-state index contributed by atoms with van der Waals surface area (Å²) < 4.78 is 5.97. The molecule has 0 radical (unpaired) electrons. The smallest absolute Gasteiger partial charge is 0.269 e. The summed E-state index contributed by atoms with van der Waals surface area (Å²) >= 11 is 11.5. The molecule has 2 aromatic carbocycles. The summed E-state index contributed by atoms with van der Waals surface area (Å²) in [6, 6.07) is 8.73. The number of ether oxygens (including phenoxy) is 1. The Morgan fingerprint density at radius 2 is 1.19 bits per heavy atom. The molecule has 0 atom stereocenters. The lowest BCUT2D eigenvalue weighted by Crippen LogP contribution is -1.99. The van der Waals surface area contributed by atoms with Gasteiger partial charge in [0.1, 0.15) is 11.5 Å². The van der Waals surface area contributed by atoms with Crippen LogP contribution in [0.1, 0.15) is 24.0 Å². The molecule has 0 aromatic heterocycles. The van der Waals surface area contributed by atoms with Crippen LogP contribution in [0.4, 0.5) is 11.4 Å². The zero-order valence-electron chi connectivity index (χ0n) is 14.4. The fourth-order valence-corrected chi connectivity index (χ4v) is 2.85. The fourth-order valence-electron chi connectivity index (χ4n) is 2.58. The molecule has 0 spiro atoms. The van der Waals surface area contributed by atoms with Crippen molar-refractivity contribution in [2.45, 2.75) is 25.7 Å². The Bertz CT molecular complexity index is 762. The number of nitro benzene ring substituents is 2. The fraction of sp³-hybridized carbons (Fsp3) is 0.333. The van der Waals surface area contributed by atoms with Gasteiger partial charge < -0.3 is 4.74 Å². The number of benzene rings is 2. The van der Waals surface area contributed by atoms with Crippen LogP contribution in [-0.4, -0.2) is 21.6 Å². The van der Waals surface area contributed by atoms with Gasteiger partial charge in [0.05, 0.1) is 9.85 Å². The van der Waals surface area contributed by atoms with Crippen LogP contribution in [0.15, 0.2) is 36.4 Å². The predicted molar refractivity (Wildman–Crippen MR) is 104 cm³/mol. The van der Waals surface area contributed by atoms with Gasteiger partial charge in [0, 0.05) is 47.2 Å². The Morgan fingerprint density at radius 3 is 1.52 bits per heavy atom. The van der Waals surface area contributed by atoms with Crippen molar-refractivity contribution in [2.75, 3.05) is 11.8 Å². The minimum Gasteiger partial charge on any atom is -0.457 e. The lowest BCUT2D eigenvalue weighted by molar-refractivity contribution is -0.385. The minimum absolute atomic E-state index is 0.0296. The van der Waals surface area contributed by atoms with E-state index >= 15 is 0 Å². The summed E-state index contributed by atoms with van der Waals surface area (Å²) in [5.41, 5.74) is 1.26. The molecule has 2 rings (SSSR count). The van der Waals surface area contributed by atoms with Gasteiger partial charge in [-0.05, 0) is 37.8 Å².